The number of nitrogens with zero attached hydrogens (tertiary/aromatic N) is 1. The zero-order valence-corrected chi connectivity index (χ0v) is 14.8. The Hall–Kier alpha value is -1.67. The second-order valence-electron chi connectivity index (χ2n) is 4.81. The molecule has 4 nitrogen and oxygen atoms in total. The van der Waals surface area contributed by atoms with Gasteiger partial charge in [0.25, 0.3) is 0 Å². The maximum atomic E-state index is 12.1. The van der Waals surface area contributed by atoms with Gasteiger partial charge in [-0.3, -0.25) is 4.79 Å². The van der Waals surface area contributed by atoms with Crippen LogP contribution >= 0.6 is 33.9 Å². The standard InChI is InChI=1S/C16H13IN2O2S/c1-10-7-11(17)4-5-13(10)19-15(20)8-12-9-22-16(18-12)14-3-2-6-21-14/h2-7,9H,8H2,1H3,(H,19,20). The number of hydrogen-bond acceptors (Lipinski definition) is 4. The van der Waals surface area contributed by atoms with Crippen LogP contribution in [0, 0.1) is 10.5 Å². The number of aryl methyl sites for hydroxylation is 1. The summed E-state index contributed by atoms with van der Waals surface area (Å²) >= 11 is 3.73. The number of nitrogens with one attached hydrogen (secondary N) is 1. The summed E-state index contributed by atoms with van der Waals surface area (Å²) < 4.78 is 6.46. The molecule has 6 heteroatoms. The minimum absolute atomic E-state index is 0.0689. The summed E-state index contributed by atoms with van der Waals surface area (Å²) in [5.74, 6) is 0.658. The van der Waals surface area contributed by atoms with E-state index in [4.69, 9.17) is 4.42 Å². The second-order valence-corrected chi connectivity index (χ2v) is 6.91. The largest absolute Gasteiger partial charge is 0.462 e. The lowest BCUT2D eigenvalue weighted by Crippen LogP contribution is -2.15. The summed E-state index contributed by atoms with van der Waals surface area (Å²) in [6.07, 6.45) is 1.87. The van der Waals surface area contributed by atoms with E-state index >= 15 is 0 Å². The average Bonchev–Trinajstić information content (AvgIpc) is 3.12. The molecule has 0 radical (unpaired) electrons. The third-order valence-corrected chi connectivity index (χ3v) is 4.66. The SMILES string of the molecule is Cc1cc(I)ccc1NC(=O)Cc1csc(-c2ccco2)n1. The third-order valence-electron chi connectivity index (χ3n) is 3.09. The molecule has 0 fully saturated rings. The van der Waals surface area contributed by atoms with Crippen molar-refractivity contribution < 1.29 is 9.21 Å². The van der Waals surface area contributed by atoms with Gasteiger partial charge in [0.15, 0.2) is 10.8 Å². The first kappa shape index (κ1) is 15.2. The van der Waals surface area contributed by atoms with Gasteiger partial charge in [0, 0.05) is 14.6 Å². The highest BCUT2D eigenvalue weighted by Gasteiger charge is 2.11. The Morgan fingerprint density at radius 3 is 3.00 bits per heavy atom. The molecule has 0 aliphatic rings. The van der Waals surface area contributed by atoms with Crippen LogP contribution < -0.4 is 5.32 Å². The highest BCUT2D eigenvalue weighted by molar-refractivity contribution is 14.1. The van der Waals surface area contributed by atoms with Crippen LogP contribution in [0.4, 0.5) is 5.69 Å². The van der Waals surface area contributed by atoms with E-state index in [1.54, 1.807) is 6.26 Å². The molecule has 0 unspecified atom stereocenters. The molecule has 0 spiro atoms. The first-order valence-corrected chi connectivity index (χ1v) is 8.62. The van der Waals surface area contributed by atoms with E-state index in [1.165, 1.54) is 11.3 Å². The lowest BCUT2D eigenvalue weighted by Gasteiger charge is -2.07. The third kappa shape index (κ3) is 3.56. The zero-order valence-electron chi connectivity index (χ0n) is 11.8. The first-order valence-electron chi connectivity index (χ1n) is 6.66. The first-order chi connectivity index (χ1) is 10.6. The number of thiazole rings is 1. The Kier molecular flexibility index (Phi) is 4.58. The summed E-state index contributed by atoms with van der Waals surface area (Å²) in [7, 11) is 0. The Bertz CT molecular complexity index is 796. The molecular formula is C16H13IN2O2S. The molecule has 2 aromatic heterocycles. The lowest BCUT2D eigenvalue weighted by atomic mass is 10.2. The minimum Gasteiger partial charge on any atom is -0.462 e. The molecule has 0 aliphatic carbocycles. The van der Waals surface area contributed by atoms with Gasteiger partial charge in [-0.05, 0) is 65.4 Å². The van der Waals surface area contributed by atoms with Crippen LogP contribution in [0.5, 0.6) is 0 Å². The van der Waals surface area contributed by atoms with Gasteiger partial charge in [-0.1, -0.05) is 0 Å². The number of carbonyl (C=O) groups is 1. The normalized spacial score (nSPS) is 10.6. The fraction of sp³-hybridized carbons (Fsp3) is 0.125. The number of rotatable bonds is 4. The van der Waals surface area contributed by atoms with Crippen LogP contribution in [0.1, 0.15) is 11.3 Å². The number of aromatic nitrogens is 1. The van der Waals surface area contributed by atoms with Crippen LogP contribution in [0.15, 0.2) is 46.4 Å². The highest BCUT2D eigenvalue weighted by Crippen LogP contribution is 2.24. The quantitative estimate of drug-likeness (QED) is 0.628. The number of amides is 1. The molecule has 0 saturated carbocycles. The van der Waals surface area contributed by atoms with Gasteiger partial charge in [-0.15, -0.1) is 11.3 Å². The summed E-state index contributed by atoms with van der Waals surface area (Å²) in [6.45, 7) is 1.98. The van der Waals surface area contributed by atoms with E-state index < -0.39 is 0 Å². The zero-order chi connectivity index (χ0) is 15.5. The van der Waals surface area contributed by atoms with Gasteiger partial charge >= 0.3 is 0 Å². The molecule has 22 heavy (non-hydrogen) atoms. The molecule has 0 bridgehead atoms. The van der Waals surface area contributed by atoms with E-state index in [0.717, 1.165) is 31.3 Å². The summed E-state index contributed by atoms with van der Waals surface area (Å²) in [5.41, 5.74) is 2.64. The molecule has 3 aromatic rings. The smallest absolute Gasteiger partial charge is 0.230 e. The minimum atomic E-state index is -0.0689. The molecule has 0 atom stereocenters. The summed E-state index contributed by atoms with van der Waals surface area (Å²) in [4.78, 5) is 16.6. The van der Waals surface area contributed by atoms with Crippen LogP contribution in [-0.2, 0) is 11.2 Å². The van der Waals surface area contributed by atoms with Crippen molar-refractivity contribution in [3.05, 3.63) is 56.8 Å². The van der Waals surface area contributed by atoms with Crippen LogP contribution in [0.2, 0.25) is 0 Å². The van der Waals surface area contributed by atoms with Crippen molar-refractivity contribution in [3.8, 4) is 10.8 Å². The molecule has 0 saturated heterocycles. The number of furan rings is 1. The van der Waals surface area contributed by atoms with Gasteiger partial charge in [0.05, 0.1) is 18.4 Å². The van der Waals surface area contributed by atoms with E-state index in [0.29, 0.717) is 0 Å². The summed E-state index contributed by atoms with van der Waals surface area (Å²) in [5, 5.41) is 5.61. The number of anilines is 1. The molecule has 2 heterocycles. The van der Waals surface area contributed by atoms with E-state index in [-0.39, 0.29) is 12.3 Å². The van der Waals surface area contributed by atoms with Gasteiger partial charge < -0.3 is 9.73 Å². The van der Waals surface area contributed by atoms with Crippen molar-refractivity contribution in [2.45, 2.75) is 13.3 Å². The Morgan fingerprint density at radius 2 is 2.27 bits per heavy atom. The Labute approximate surface area is 145 Å². The van der Waals surface area contributed by atoms with E-state index in [1.807, 2.05) is 42.6 Å². The van der Waals surface area contributed by atoms with Crippen molar-refractivity contribution in [1.29, 1.82) is 0 Å². The Balaban J connectivity index is 1.67. The van der Waals surface area contributed by atoms with Crippen molar-refractivity contribution in [3.63, 3.8) is 0 Å². The molecule has 3 rings (SSSR count). The number of benzene rings is 1. The van der Waals surface area contributed by atoms with Crippen molar-refractivity contribution in [1.82, 2.24) is 4.98 Å². The second kappa shape index (κ2) is 6.62. The monoisotopic (exact) mass is 424 g/mol. The van der Waals surface area contributed by atoms with Crippen LogP contribution in [0.3, 0.4) is 0 Å². The number of halogens is 1. The highest BCUT2D eigenvalue weighted by atomic mass is 127. The molecule has 1 aromatic carbocycles. The van der Waals surface area contributed by atoms with Crippen molar-refractivity contribution in [2.75, 3.05) is 5.32 Å². The maximum absolute atomic E-state index is 12.1. The number of carbonyl (C=O) groups excluding carboxylic acids is 1. The van der Waals surface area contributed by atoms with Crippen LogP contribution in [0.25, 0.3) is 10.8 Å². The number of hydrogen-bond donors (Lipinski definition) is 1. The van der Waals surface area contributed by atoms with Gasteiger partial charge in [0.2, 0.25) is 5.91 Å². The van der Waals surface area contributed by atoms with Gasteiger partial charge in [0.1, 0.15) is 0 Å². The molecule has 1 amide bonds. The fourth-order valence-electron chi connectivity index (χ4n) is 2.03. The Morgan fingerprint density at radius 1 is 1.41 bits per heavy atom. The summed E-state index contributed by atoms with van der Waals surface area (Å²) in [6, 6.07) is 9.61. The van der Waals surface area contributed by atoms with E-state index in [9.17, 15) is 4.79 Å². The lowest BCUT2D eigenvalue weighted by molar-refractivity contribution is -0.115. The van der Waals surface area contributed by atoms with Crippen molar-refractivity contribution in [2.24, 2.45) is 0 Å². The topological polar surface area (TPSA) is 55.1 Å². The van der Waals surface area contributed by atoms with E-state index in [2.05, 4.69) is 32.9 Å². The molecule has 0 aliphatic heterocycles. The molecule has 112 valence electrons. The molecule has 1 N–H and O–H groups in total. The van der Waals surface area contributed by atoms with Gasteiger partial charge in [-0.25, -0.2) is 4.98 Å². The van der Waals surface area contributed by atoms with Crippen molar-refractivity contribution >= 4 is 45.5 Å². The predicted molar refractivity (Wildman–Crippen MR) is 96.0 cm³/mol. The maximum Gasteiger partial charge on any atom is 0.230 e. The van der Waals surface area contributed by atoms with Crippen LogP contribution in [-0.4, -0.2) is 10.9 Å². The molecular weight excluding hydrogens is 411 g/mol. The van der Waals surface area contributed by atoms with Gasteiger partial charge in [-0.2, -0.15) is 0 Å². The fourth-order valence-corrected chi connectivity index (χ4v) is 3.46. The average molecular weight is 424 g/mol. The predicted octanol–water partition coefficient (Wildman–Crippen LogP) is 4.50.